The largest absolute Gasteiger partial charge is 0.497 e. The van der Waals surface area contributed by atoms with Gasteiger partial charge in [-0.25, -0.2) is 4.79 Å². The van der Waals surface area contributed by atoms with Crippen LogP contribution in [0.3, 0.4) is 0 Å². The fourth-order valence-electron chi connectivity index (χ4n) is 1.14. The molecule has 0 amide bonds. The van der Waals surface area contributed by atoms with Crippen molar-refractivity contribution in [1.82, 2.24) is 0 Å². The second kappa shape index (κ2) is 4.46. The van der Waals surface area contributed by atoms with Crippen molar-refractivity contribution in [2.75, 3.05) is 7.11 Å². The van der Waals surface area contributed by atoms with Crippen LogP contribution in [0.15, 0.2) is 30.3 Å². The number of hydrogen-bond donors (Lipinski definition) is 1. The first-order valence-corrected chi connectivity index (χ1v) is 4.19. The standard InChI is InChI=1S/C11H12O3/c1-8(6-11(12)13)9-4-3-5-10(7-9)14-2/h3-7H,1-2H3,(H,12,13). The molecule has 0 unspecified atom stereocenters. The van der Waals surface area contributed by atoms with E-state index < -0.39 is 5.97 Å². The zero-order valence-electron chi connectivity index (χ0n) is 8.15. The van der Waals surface area contributed by atoms with E-state index in [1.807, 2.05) is 18.2 Å². The third-order valence-corrected chi connectivity index (χ3v) is 1.87. The first kappa shape index (κ1) is 10.3. The van der Waals surface area contributed by atoms with Gasteiger partial charge in [-0.05, 0) is 30.2 Å². The van der Waals surface area contributed by atoms with Gasteiger partial charge in [0.2, 0.25) is 0 Å². The van der Waals surface area contributed by atoms with Gasteiger partial charge in [-0.15, -0.1) is 0 Å². The van der Waals surface area contributed by atoms with Gasteiger partial charge in [-0.2, -0.15) is 0 Å². The molecule has 0 aliphatic rings. The molecule has 0 saturated carbocycles. The van der Waals surface area contributed by atoms with Crippen molar-refractivity contribution in [2.24, 2.45) is 0 Å². The summed E-state index contributed by atoms with van der Waals surface area (Å²) in [4.78, 5) is 10.4. The number of methoxy groups -OCH3 is 1. The van der Waals surface area contributed by atoms with Gasteiger partial charge in [-0.1, -0.05) is 12.1 Å². The molecule has 74 valence electrons. The minimum Gasteiger partial charge on any atom is -0.497 e. The van der Waals surface area contributed by atoms with Crippen molar-refractivity contribution >= 4 is 11.5 Å². The van der Waals surface area contributed by atoms with E-state index in [0.717, 1.165) is 11.3 Å². The summed E-state index contributed by atoms with van der Waals surface area (Å²) in [5.74, 6) is -0.217. The second-order valence-corrected chi connectivity index (χ2v) is 2.90. The number of ether oxygens (including phenoxy) is 1. The second-order valence-electron chi connectivity index (χ2n) is 2.90. The summed E-state index contributed by atoms with van der Waals surface area (Å²) in [5.41, 5.74) is 1.56. The van der Waals surface area contributed by atoms with Gasteiger partial charge in [0.05, 0.1) is 7.11 Å². The molecular weight excluding hydrogens is 180 g/mol. The van der Waals surface area contributed by atoms with Crippen LogP contribution in [0.4, 0.5) is 0 Å². The molecule has 14 heavy (non-hydrogen) atoms. The molecule has 0 heterocycles. The zero-order valence-corrected chi connectivity index (χ0v) is 8.15. The Hall–Kier alpha value is -1.77. The van der Waals surface area contributed by atoms with E-state index in [0.29, 0.717) is 5.57 Å². The molecule has 0 atom stereocenters. The number of carboxylic acids is 1. The van der Waals surface area contributed by atoms with Gasteiger partial charge in [0.15, 0.2) is 0 Å². The summed E-state index contributed by atoms with van der Waals surface area (Å²) in [5, 5.41) is 8.56. The van der Waals surface area contributed by atoms with Crippen LogP contribution < -0.4 is 4.74 Å². The molecule has 0 bridgehead atoms. The molecule has 0 radical (unpaired) electrons. The molecule has 3 heteroatoms. The molecule has 0 saturated heterocycles. The van der Waals surface area contributed by atoms with Crippen LogP contribution >= 0.6 is 0 Å². The fraction of sp³-hybridized carbons (Fsp3) is 0.182. The van der Waals surface area contributed by atoms with Crippen LogP contribution in [0.1, 0.15) is 12.5 Å². The highest BCUT2D eigenvalue weighted by Crippen LogP contribution is 2.19. The number of hydrogen-bond acceptors (Lipinski definition) is 2. The average Bonchev–Trinajstić information content (AvgIpc) is 2.17. The number of aliphatic carboxylic acids is 1. The van der Waals surface area contributed by atoms with Gasteiger partial charge in [0, 0.05) is 6.08 Å². The average molecular weight is 192 g/mol. The summed E-state index contributed by atoms with van der Waals surface area (Å²) in [7, 11) is 1.58. The van der Waals surface area contributed by atoms with Gasteiger partial charge in [0.25, 0.3) is 0 Å². The third kappa shape index (κ3) is 2.62. The minimum atomic E-state index is -0.940. The Balaban J connectivity index is 3.01. The van der Waals surface area contributed by atoms with Gasteiger partial charge < -0.3 is 9.84 Å². The lowest BCUT2D eigenvalue weighted by Crippen LogP contribution is -1.90. The molecule has 3 nitrogen and oxygen atoms in total. The molecule has 1 aromatic carbocycles. The maximum atomic E-state index is 10.4. The van der Waals surface area contributed by atoms with Crippen molar-refractivity contribution in [3.63, 3.8) is 0 Å². The van der Waals surface area contributed by atoms with Crippen LogP contribution in [-0.4, -0.2) is 18.2 Å². The van der Waals surface area contributed by atoms with E-state index in [4.69, 9.17) is 9.84 Å². The Bertz CT molecular complexity index is 367. The smallest absolute Gasteiger partial charge is 0.328 e. The van der Waals surface area contributed by atoms with Crippen molar-refractivity contribution in [3.8, 4) is 5.75 Å². The normalized spacial score (nSPS) is 11.1. The maximum Gasteiger partial charge on any atom is 0.328 e. The van der Waals surface area contributed by atoms with Crippen LogP contribution in [0.25, 0.3) is 5.57 Å². The van der Waals surface area contributed by atoms with E-state index in [1.165, 1.54) is 6.08 Å². The zero-order chi connectivity index (χ0) is 10.6. The molecule has 1 N–H and O–H groups in total. The van der Waals surface area contributed by atoms with Gasteiger partial charge in [-0.3, -0.25) is 0 Å². The molecule has 1 aromatic rings. The molecule has 0 fully saturated rings. The summed E-state index contributed by atoms with van der Waals surface area (Å²) in [6, 6.07) is 7.29. The SMILES string of the molecule is COc1cccc(C(C)=CC(=O)O)c1. The Morgan fingerprint density at radius 1 is 1.50 bits per heavy atom. The number of benzene rings is 1. The Kier molecular flexibility index (Phi) is 3.29. The lowest BCUT2D eigenvalue weighted by atomic mass is 10.1. The molecule has 0 aromatic heterocycles. The van der Waals surface area contributed by atoms with Crippen molar-refractivity contribution in [2.45, 2.75) is 6.92 Å². The van der Waals surface area contributed by atoms with Crippen LogP contribution in [0, 0.1) is 0 Å². The predicted octanol–water partition coefficient (Wildman–Crippen LogP) is 2.18. The molecule has 1 rings (SSSR count). The fourth-order valence-corrected chi connectivity index (χ4v) is 1.14. The predicted molar refractivity (Wildman–Crippen MR) is 54.3 cm³/mol. The number of rotatable bonds is 3. The highest BCUT2D eigenvalue weighted by Gasteiger charge is 1.99. The lowest BCUT2D eigenvalue weighted by molar-refractivity contribution is -0.131. The lowest BCUT2D eigenvalue weighted by Gasteiger charge is -2.03. The van der Waals surface area contributed by atoms with E-state index in [2.05, 4.69) is 0 Å². The van der Waals surface area contributed by atoms with Crippen molar-refractivity contribution in [3.05, 3.63) is 35.9 Å². The van der Waals surface area contributed by atoms with E-state index in [9.17, 15) is 4.79 Å². The molecule has 0 aliphatic heterocycles. The number of allylic oxidation sites excluding steroid dienone is 1. The van der Waals surface area contributed by atoms with E-state index in [-0.39, 0.29) is 0 Å². The molecule has 0 spiro atoms. The summed E-state index contributed by atoms with van der Waals surface area (Å²) >= 11 is 0. The minimum absolute atomic E-state index is 0.705. The summed E-state index contributed by atoms with van der Waals surface area (Å²) < 4.78 is 5.04. The van der Waals surface area contributed by atoms with Crippen LogP contribution in [0.2, 0.25) is 0 Å². The first-order valence-electron chi connectivity index (χ1n) is 4.19. The summed E-state index contributed by atoms with van der Waals surface area (Å²) in [6.07, 6.45) is 1.18. The topological polar surface area (TPSA) is 46.5 Å². The molecule has 0 aliphatic carbocycles. The van der Waals surface area contributed by atoms with Gasteiger partial charge >= 0.3 is 5.97 Å². The Labute approximate surface area is 82.6 Å². The first-order chi connectivity index (χ1) is 6.63. The van der Waals surface area contributed by atoms with Crippen LogP contribution in [-0.2, 0) is 4.79 Å². The number of carbonyl (C=O) groups is 1. The Morgan fingerprint density at radius 2 is 2.21 bits per heavy atom. The van der Waals surface area contributed by atoms with Gasteiger partial charge in [0.1, 0.15) is 5.75 Å². The monoisotopic (exact) mass is 192 g/mol. The van der Waals surface area contributed by atoms with Crippen LogP contribution in [0.5, 0.6) is 5.75 Å². The highest BCUT2D eigenvalue weighted by atomic mass is 16.5. The number of carboxylic acid groups (broad SMARTS) is 1. The third-order valence-electron chi connectivity index (χ3n) is 1.87. The van der Waals surface area contributed by atoms with Crippen molar-refractivity contribution < 1.29 is 14.6 Å². The Morgan fingerprint density at radius 3 is 2.79 bits per heavy atom. The highest BCUT2D eigenvalue weighted by molar-refractivity contribution is 5.89. The van der Waals surface area contributed by atoms with E-state index >= 15 is 0 Å². The quantitative estimate of drug-likeness (QED) is 0.746. The maximum absolute atomic E-state index is 10.4. The summed E-state index contributed by atoms with van der Waals surface area (Å²) in [6.45, 7) is 1.75. The molecular formula is C11H12O3. The van der Waals surface area contributed by atoms with Crippen molar-refractivity contribution in [1.29, 1.82) is 0 Å². The van der Waals surface area contributed by atoms with E-state index in [1.54, 1.807) is 20.1 Å².